The molecule has 0 aliphatic rings. The Balaban J connectivity index is 3.33. The van der Waals surface area contributed by atoms with Gasteiger partial charge in [0.15, 0.2) is 0 Å². The number of benzene rings is 1. The fraction of sp³-hybridized carbons (Fsp3) is 0.400. The van der Waals surface area contributed by atoms with E-state index in [9.17, 15) is 14.4 Å². The Morgan fingerprint density at radius 3 is 2.62 bits per heavy atom. The van der Waals surface area contributed by atoms with Gasteiger partial charge in [0, 0.05) is 31.0 Å². The predicted molar refractivity (Wildman–Crippen MR) is 115 cm³/mol. The molecule has 0 fully saturated rings. The van der Waals surface area contributed by atoms with Crippen LogP contribution >= 0.6 is 15.9 Å². The number of likely N-dealkylation sites (N-methyl/N-ethyl adjacent to an activating group) is 1. The molecule has 0 saturated heterocycles. The largest absolute Gasteiger partial charge is 0.466 e. The average Bonchev–Trinajstić information content (AvgIpc) is 2.66. The molecule has 1 aromatic rings. The third kappa shape index (κ3) is 7.69. The number of hydrazone groups is 1. The van der Waals surface area contributed by atoms with E-state index < -0.39 is 11.9 Å². The van der Waals surface area contributed by atoms with Gasteiger partial charge in [-0.3, -0.25) is 14.4 Å². The van der Waals surface area contributed by atoms with Crippen LogP contribution in [-0.2, 0) is 25.7 Å². The Kier molecular flexibility index (Phi) is 10.1. The van der Waals surface area contributed by atoms with Gasteiger partial charge in [0.25, 0.3) is 5.91 Å². The number of nitrogens with one attached hydrogen (secondary N) is 1. The van der Waals surface area contributed by atoms with E-state index in [1.807, 2.05) is 24.3 Å². The molecule has 29 heavy (non-hydrogen) atoms. The molecule has 0 radical (unpaired) electrons. The van der Waals surface area contributed by atoms with E-state index in [-0.39, 0.29) is 31.2 Å². The number of carbonyl (C=O) groups is 3. The summed E-state index contributed by atoms with van der Waals surface area (Å²) < 4.78 is 5.90. The second-order valence-corrected chi connectivity index (χ2v) is 7.41. The van der Waals surface area contributed by atoms with Crippen LogP contribution in [0.3, 0.4) is 0 Å². The first-order valence-electron chi connectivity index (χ1n) is 9.06. The van der Waals surface area contributed by atoms with E-state index in [1.54, 1.807) is 32.8 Å². The van der Waals surface area contributed by atoms with E-state index in [0.717, 1.165) is 10.0 Å². The zero-order valence-corrected chi connectivity index (χ0v) is 18.7. The second kappa shape index (κ2) is 12.0. The van der Waals surface area contributed by atoms with Crippen molar-refractivity contribution < 1.29 is 19.1 Å². The van der Waals surface area contributed by atoms with E-state index in [1.165, 1.54) is 4.90 Å². The lowest BCUT2D eigenvalue weighted by atomic mass is 10.0. The highest BCUT2D eigenvalue weighted by atomic mass is 79.9. The monoisotopic (exact) mass is 466 g/mol. The van der Waals surface area contributed by atoms with Crippen LogP contribution in [0.5, 0.6) is 0 Å². The van der Waals surface area contributed by atoms with Crippen LogP contribution in [-0.4, -0.2) is 54.6 Å². The first-order valence-corrected chi connectivity index (χ1v) is 9.85. The highest BCUT2D eigenvalue weighted by Crippen LogP contribution is 2.21. The Morgan fingerprint density at radius 1 is 1.38 bits per heavy atom. The fourth-order valence-electron chi connectivity index (χ4n) is 2.60. The van der Waals surface area contributed by atoms with Crippen molar-refractivity contribution in [2.24, 2.45) is 11.0 Å². The van der Waals surface area contributed by atoms with Gasteiger partial charge in [0.1, 0.15) is 11.5 Å². The van der Waals surface area contributed by atoms with Crippen molar-refractivity contribution in [3.05, 3.63) is 46.6 Å². The summed E-state index contributed by atoms with van der Waals surface area (Å²) in [6.45, 7) is 7.95. The van der Waals surface area contributed by atoms with Gasteiger partial charge < -0.3 is 14.5 Å². The van der Waals surface area contributed by atoms with Gasteiger partial charge in [-0.1, -0.05) is 41.6 Å². The molecule has 0 saturated carbocycles. The molecular formula is C20H27BrN4O4. The van der Waals surface area contributed by atoms with Gasteiger partial charge in [0.05, 0.1) is 13.0 Å². The standard InChI is InChI=1S/C20H27BrN4O4/c1-6-29-18(27)10-14(2)19(23-22-13-26)25(15(3)20(28)24(4)5)12-16-8-7-9-17(21)11-16/h7-9,11,13-14H,3,6,10,12H2,1-2,4-5H3,(H,22,26)/b23-19-. The number of carbonyl (C=O) groups excluding carboxylic acids is 3. The van der Waals surface area contributed by atoms with E-state index >= 15 is 0 Å². The maximum Gasteiger partial charge on any atom is 0.306 e. The number of nitrogens with zero attached hydrogens (tertiary/aromatic N) is 3. The third-order valence-corrected chi connectivity index (χ3v) is 4.43. The second-order valence-electron chi connectivity index (χ2n) is 6.49. The molecule has 1 unspecified atom stereocenters. The molecule has 9 heteroatoms. The van der Waals surface area contributed by atoms with Crippen LogP contribution in [0.15, 0.2) is 46.1 Å². The van der Waals surface area contributed by atoms with E-state index in [2.05, 4.69) is 33.0 Å². The zero-order chi connectivity index (χ0) is 22.0. The lowest BCUT2D eigenvalue weighted by Crippen LogP contribution is -2.41. The third-order valence-electron chi connectivity index (χ3n) is 3.94. The Labute approximate surface area is 179 Å². The molecule has 0 aliphatic heterocycles. The highest BCUT2D eigenvalue weighted by Gasteiger charge is 2.27. The van der Waals surface area contributed by atoms with Gasteiger partial charge in [-0.25, -0.2) is 5.43 Å². The van der Waals surface area contributed by atoms with E-state index in [4.69, 9.17) is 4.74 Å². The molecule has 1 atom stereocenters. The van der Waals surface area contributed by atoms with Crippen molar-refractivity contribution in [3.8, 4) is 0 Å². The minimum absolute atomic E-state index is 0.0334. The van der Waals surface area contributed by atoms with Gasteiger partial charge in [-0.2, -0.15) is 5.10 Å². The van der Waals surface area contributed by atoms with Crippen molar-refractivity contribution in [2.75, 3.05) is 20.7 Å². The molecule has 0 heterocycles. The van der Waals surface area contributed by atoms with Crippen LogP contribution in [0.2, 0.25) is 0 Å². The normalized spacial score (nSPS) is 12.0. The lowest BCUT2D eigenvalue weighted by Gasteiger charge is -2.31. The summed E-state index contributed by atoms with van der Waals surface area (Å²) in [5, 5.41) is 4.11. The number of esters is 1. The van der Waals surface area contributed by atoms with Crippen LogP contribution in [0.4, 0.5) is 0 Å². The summed E-state index contributed by atoms with van der Waals surface area (Å²) in [4.78, 5) is 38.4. The number of rotatable bonds is 10. The van der Waals surface area contributed by atoms with Crippen LogP contribution < -0.4 is 5.43 Å². The molecule has 1 aromatic carbocycles. The molecule has 1 rings (SSSR count). The summed E-state index contributed by atoms with van der Waals surface area (Å²) in [6, 6.07) is 7.56. The summed E-state index contributed by atoms with van der Waals surface area (Å²) in [6.07, 6.45) is 0.455. The number of amidine groups is 1. The first-order chi connectivity index (χ1) is 13.7. The fourth-order valence-corrected chi connectivity index (χ4v) is 3.04. The van der Waals surface area contributed by atoms with Crippen molar-refractivity contribution in [3.63, 3.8) is 0 Å². The molecule has 0 bridgehead atoms. The molecule has 0 aromatic heterocycles. The minimum Gasteiger partial charge on any atom is -0.466 e. The zero-order valence-electron chi connectivity index (χ0n) is 17.1. The Morgan fingerprint density at radius 2 is 2.07 bits per heavy atom. The topological polar surface area (TPSA) is 91.3 Å². The van der Waals surface area contributed by atoms with Gasteiger partial charge >= 0.3 is 5.97 Å². The molecule has 0 spiro atoms. The Hall–Kier alpha value is -2.68. The van der Waals surface area contributed by atoms with Gasteiger partial charge in [-0.05, 0) is 24.6 Å². The summed E-state index contributed by atoms with van der Waals surface area (Å²) in [5.41, 5.74) is 3.32. The summed E-state index contributed by atoms with van der Waals surface area (Å²) in [7, 11) is 3.24. The number of halogens is 1. The van der Waals surface area contributed by atoms with Crippen molar-refractivity contribution >= 4 is 40.1 Å². The SMILES string of the molecule is C=C(C(=O)N(C)C)N(Cc1cccc(Br)c1)/C(=N\NC=O)C(C)CC(=O)OCC. The summed E-state index contributed by atoms with van der Waals surface area (Å²) >= 11 is 3.43. The van der Waals surface area contributed by atoms with Crippen molar-refractivity contribution in [2.45, 2.75) is 26.8 Å². The number of hydrogen-bond donors (Lipinski definition) is 1. The molecule has 2 amide bonds. The van der Waals surface area contributed by atoms with Gasteiger partial charge in [-0.15, -0.1) is 0 Å². The first kappa shape index (κ1) is 24.4. The average molecular weight is 467 g/mol. The van der Waals surface area contributed by atoms with Crippen molar-refractivity contribution in [1.82, 2.24) is 15.2 Å². The smallest absolute Gasteiger partial charge is 0.306 e. The number of ether oxygens (including phenoxy) is 1. The van der Waals surface area contributed by atoms with Crippen molar-refractivity contribution in [1.29, 1.82) is 0 Å². The molecular weight excluding hydrogens is 440 g/mol. The summed E-state index contributed by atoms with van der Waals surface area (Å²) in [5.74, 6) is -0.835. The predicted octanol–water partition coefficient (Wildman–Crippen LogP) is 2.50. The van der Waals surface area contributed by atoms with Crippen LogP contribution in [0.1, 0.15) is 25.8 Å². The highest BCUT2D eigenvalue weighted by molar-refractivity contribution is 9.10. The maximum atomic E-state index is 12.6. The Bertz CT molecular complexity index is 779. The maximum absolute atomic E-state index is 12.6. The van der Waals surface area contributed by atoms with Crippen LogP contribution in [0.25, 0.3) is 0 Å². The molecule has 1 N–H and O–H groups in total. The quantitative estimate of drug-likeness (QED) is 0.143. The van der Waals surface area contributed by atoms with Gasteiger partial charge in [0.2, 0.25) is 6.41 Å². The number of hydrogen-bond acceptors (Lipinski definition) is 5. The number of amides is 2. The molecule has 0 aliphatic carbocycles. The lowest BCUT2D eigenvalue weighted by molar-refractivity contribution is -0.143. The minimum atomic E-state index is -0.444. The van der Waals surface area contributed by atoms with E-state index in [0.29, 0.717) is 12.2 Å². The molecule has 8 nitrogen and oxygen atoms in total. The molecule has 158 valence electrons. The van der Waals surface area contributed by atoms with Crippen LogP contribution in [0, 0.1) is 5.92 Å².